The first-order valence-electron chi connectivity index (χ1n) is 7.56. The Balaban J connectivity index is 2.50. The van der Waals surface area contributed by atoms with Gasteiger partial charge in [0.2, 0.25) is 0 Å². The van der Waals surface area contributed by atoms with Crippen molar-refractivity contribution in [1.29, 1.82) is 0 Å². The molecule has 130 valence electrons. The van der Waals surface area contributed by atoms with E-state index in [0.29, 0.717) is 0 Å². The van der Waals surface area contributed by atoms with Crippen LogP contribution in [-0.2, 0) is 9.84 Å². The lowest BCUT2D eigenvalue weighted by Gasteiger charge is -2.17. The minimum absolute atomic E-state index is 0.0407. The first-order valence-corrected chi connectivity index (χ1v) is 9.11. The van der Waals surface area contributed by atoms with Gasteiger partial charge in [0.25, 0.3) is 5.91 Å². The van der Waals surface area contributed by atoms with Crippen molar-refractivity contribution in [3.8, 4) is 0 Å². The second kappa shape index (κ2) is 7.14. The Bertz CT molecular complexity index is 826. The molecule has 2 aromatic rings. The van der Waals surface area contributed by atoms with Gasteiger partial charge in [0.05, 0.1) is 4.90 Å². The van der Waals surface area contributed by atoms with Crippen LogP contribution in [-0.4, -0.2) is 24.7 Å². The highest BCUT2D eigenvalue weighted by Crippen LogP contribution is 2.35. The molecule has 0 bridgehead atoms. The molecule has 2 rings (SSSR count). The van der Waals surface area contributed by atoms with Crippen LogP contribution < -0.4 is 5.48 Å². The lowest BCUT2D eigenvalue weighted by Crippen LogP contribution is -2.19. The summed E-state index contributed by atoms with van der Waals surface area (Å²) in [6, 6.07) is 8.07. The van der Waals surface area contributed by atoms with Crippen LogP contribution in [0, 0.1) is 0 Å². The van der Waals surface area contributed by atoms with Crippen molar-refractivity contribution in [1.82, 2.24) is 10.6 Å². The van der Waals surface area contributed by atoms with Crippen molar-refractivity contribution in [2.24, 2.45) is 0 Å². The van der Waals surface area contributed by atoms with Crippen LogP contribution >= 0.6 is 0 Å². The van der Waals surface area contributed by atoms with Crippen LogP contribution in [0.15, 0.2) is 39.8 Å². The number of carbonyl (C=O) groups excluding carboxylic acids is 1. The van der Waals surface area contributed by atoms with Crippen LogP contribution in [0.3, 0.4) is 0 Å². The highest BCUT2D eigenvalue weighted by atomic mass is 32.2. The molecule has 1 unspecified atom stereocenters. The van der Waals surface area contributed by atoms with Crippen LogP contribution in [0.5, 0.6) is 0 Å². The Morgan fingerprint density at radius 1 is 1.33 bits per heavy atom. The van der Waals surface area contributed by atoms with Crippen LogP contribution in [0.4, 0.5) is 0 Å². The number of hydrogen-bond acceptors (Lipinski definition) is 6. The number of rotatable bonds is 6. The SMILES string of the molecule is CCC(c1cc(C(=O)NO)no1)S(=O)(=O)c1ccccc1C(C)C. The van der Waals surface area contributed by atoms with Crippen molar-refractivity contribution >= 4 is 15.7 Å². The molecule has 0 saturated carbocycles. The molecule has 1 atom stereocenters. The second-order valence-corrected chi connectivity index (χ2v) is 7.79. The summed E-state index contributed by atoms with van der Waals surface area (Å²) in [6.45, 7) is 5.56. The number of hydroxylamine groups is 1. The molecule has 1 aromatic carbocycles. The van der Waals surface area contributed by atoms with E-state index in [4.69, 9.17) is 9.73 Å². The van der Waals surface area contributed by atoms with Crippen LogP contribution in [0.25, 0.3) is 0 Å². The van der Waals surface area contributed by atoms with E-state index in [0.717, 1.165) is 5.56 Å². The number of sulfone groups is 1. The van der Waals surface area contributed by atoms with E-state index in [1.54, 1.807) is 31.2 Å². The minimum Gasteiger partial charge on any atom is -0.359 e. The molecule has 0 fully saturated rings. The normalized spacial score (nSPS) is 13.0. The highest BCUT2D eigenvalue weighted by molar-refractivity contribution is 7.91. The van der Waals surface area contributed by atoms with E-state index in [9.17, 15) is 13.2 Å². The zero-order valence-electron chi connectivity index (χ0n) is 13.7. The van der Waals surface area contributed by atoms with Crippen LogP contribution in [0.1, 0.15) is 60.2 Å². The maximum Gasteiger partial charge on any atom is 0.296 e. The first kappa shape index (κ1) is 18.2. The minimum atomic E-state index is -3.73. The number of benzene rings is 1. The van der Waals surface area contributed by atoms with Gasteiger partial charge >= 0.3 is 0 Å². The van der Waals surface area contributed by atoms with E-state index >= 15 is 0 Å². The number of nitrogens with one attached hydrogen (secondary N) is 1. The molecule has 7 nitrogen and oxygen atoms in total. The largest absolute Gasteiger partial charge is 0.359 e. The summed E-state index contributed by atoms with van der Waals surface area (Å²) in [4.78, 5) is 11.6. The summed E-state index contributed by atoms with van der Waals surface area (Å²) in [5.74, 6) is -0.756. The molecule has 8 heteroatoms. The zero-order chi connectivity index (χ0) is 17.9. The molecule has 0 aliphatic carbocycles. The Kier molecular flexibility index (Phi) is 5.40. The van der Waals surface area contributed by atoms with Crippen molar-refractivity contribution < 1.29 is 22.9 Å². The quantitative estimate of drug-likeness (QED) is 0.611. The van der Waals surface area contributed by atoms with Gasteiger partial charge in [-0.2, -0.15) is 0 Å². The first-order chi connectivity index (χ1) is 11.3. The monoisotopic (exact) mass is 352 g/mol. The fourth-order valence-electron chi connectivity index (χ4n) is 2.55. The van der Waals surface area contributed by atoms with Gasteiger partial charge in [-0.15, -0.1) is 0 Å². The topological polar surface area (TPSA) is 110 Å². The summed E-state index contributed by atoms with van der Waals surface area (Å²) in [5.41, 5.74) is 1.98. The third kappa shape index (κ3) is 3.34. The average Bonchev–Trinajstić information content (AvgIpc) is 3.04. The molecule has 24 heavy (non-hydrogen) atoms. The van der Waals surface area contributed by atoms with E-state index < -0.39 is 21.0 Å². The number of carbonyl (C=O) groups is 1. The van der Waals surface area contributed by atoms with E-state index in [1.165, 1.54) is 11.5 Å². The number of nitrogens with zero attached hydrogens (tertiary/aromatic N) is 1. The summed E-state index contributed by atoms with van der Waals surface area (Å²) in [5, 5.41) is 11.2. The standard InChI is InChI=1S/C16H20N2O5S/c1-4-14(13-9-12(18-23-13)16(19)17-20)24(21,22)15-8-6-5-7-11(15)10(2)3/h5-10,14,20H,4H2,1-3H3,(H,17,19). The molecular formula is C16H20N2O5S. The van der Waals surface area contributed by atoms with Crippen molar-refractivity contribution in [2.75, 3.05) is 0 Å². The number of amides is 1. The van der Waals surface area contributed by atoms with Gasteiger partial charge in [-0.3, -0.25) is 10.0 Å². The van der Waals surface area contributed by atoms with E-state index in [2.05, 4.69) is 5.16 Å². The van der Waals surface area contributed by atoms with Gasteiger partial charge in [0.1, 0.15) is 5.25 Å². The molecular weight excluding hydrogens is 332 g/mol. The van der Waals surface area contributed by atoms with E-state index in [1.807, 2.05) is 13.8 Å². The molecule has 1 heterocycles. The fraction of sp³-hybridized carbons (Fsp3) is 0.375. The summed E-state index contributed by atoms with van der Waals surface area (Å²) < 4.78 is 31.2. The van der Waals surface area contributed by atoms with Crippen molar-refractivity contribution in [3.05, 3.63) is 47.3 Å². The fourth-order valence-corrected chi connectivity index (χ4v) is 4.61. The average molecular weight is 352 g/mol. The Morgan fingerprint density at radius 3 is 2.58 bits per heavy atom. The molecule has 0 aliphatic rings. The highest BCUT2D eigenvalue weighted by Gasteiger charge is 2.33. The van der Waals surface area contributed by atoms with Gasteiger partial charge in [-0.25, -0.2) is 13.9 Å². The predicted molar refractivity (Wildman–Crippen MR) is 86.5 cm³/mol. The third-order valence-corrected chi connectivity index (χ3v) is 6.07. The predicted octanol–water partition coefficient (Wildman–Crippen LogP) is 2.84. The molecule has 1 aromatic heterocycles. The summed E-state index contributed by atoms with van der Waals surface area (Å²) >= 11 is 0. The number of hydrogen-bond donors (Lipinski definition) is 2. The van der Waals surface area contributed by atoms with E-state index in [-0.39, 0.29) is 28.7 Å². The van der Waals surface area contributed by atoms with Crippen molar-refractivity contribution in [3.63, 3.8) is 0 Å². The lowest BCUT2D eigenvalue weighted by atomic mass is 10.0. The molecule has 0 saturated heterocycles. The molecule has 2 N–H and O–H groups in total. The lowest BCUT2D eigenvalue weighted by molar-refractivity contribution is 0.0696. The molecule has 0 spiro atoms. The maximum absolute atomic E-state index is 13.1. The zero-order valence-corrected chi connectivity index (χ0v) is 14.5. The summed E-state index contributed by atoms with van der Waals surface area (Å²) in [7, 11) is -3.73. The maximum atomic E-state index is 13.1. The second-order valence-electron chi connectivity index (χ2n) is 5.69. The Morgan fingerprint density at radius 2 is 2.00 bits per heavy atom. The van der Waals surface area contributed by atoms with Gasteiger partial charge in [-0.1, -0.05) is 44.1 Å². The number of aromatic nitrogens is 1. The van der Waals surface area contributed by atoms with Gasteiger partial charge in [0, 0.05) is 6.07 Å². The Labute approximate surface area is 140 Å². The molecule has 1 amide bonds. The smallest absolute Gasteiger partial charge is 0.296 e. The van der Waals surface area contributed by atoms with Gasteiger partial charge in [-0.05, 0) is 24.0 Å². The van der Waals surface area contributed by atoms with Crippen molar-refractivity contribution in [2.45, 2.75) is 43.3 Å². The third-order valence-electron chi connectivity index (χ3n) is 3.77. The van der Waals surface area contributed by atoms with Gasteiger partial charge in [0.15, 0.2) is 21.3 Å². The molecule has 0 aliphatic heterocycles. The van der Waals surface area contributed by atoms with Crippen LogP contribution in [0.2, 0.25) is 0 Å². The summed E-state index contributed by atoms with van der Waals surface area (Å²) in [6.07, 6.45) is 0.254. The van der Waals surface area contributed by atoms with Gasteiger partial charge < -0.3 is 4.52 Å². The Hall–Kier alpha value is -2.19. The molecule has 0 radical (unpaired) electrons.